The number of ether oxygens (including phenoxy) is 1. The first-order valence-corrected chi connectivity index (χ1v) is 6.18. The van der Waals surface area contributed by atoms with Crippen LogP contribution in [-0.4, -0.2) is 59.8 Å². The number of nitrogens with two attached hydrogens (primary N) is 1. The molecule has 3 heterocycles. The van der Waals surface area contributed by atoms with Crippen LogP contribution in [0.4, 0.5) is 5.95 Å². The minimum atomic E-state index is -1.24. The number of aliphatic hydroxyl groups excluding tert-OH is 3. The number of fused-ring (bicyclic) bond motifs is 1. The summed E-state index contributed by atoms with van der Waals surface area (Å²) in [6, 6.07) is 0. The minimum Gasteiger partial charge on any atom is -0.394 e. The third kappa shape index (κ3) is 1.91. The zero-order valence-corrected chi connectivity index (χ0v) is 10.8. The topological polar surface area (TPSA) is 140 Å². The molecule has 20 heavy (non-hydrogen) atoms. The second-order valence-corrected chi connectivity index (χ2v) is 4.78. The molecular weight excluding hydrogens is 290 g/mol. The summed E-state index contributed by atoms with van der Waals surface area (Å²) in [5.41, 5.74) is 6.11. The van der Waals surface area contributed by atoms with Gasteiger partial charge in [0.05, 0.1) is 12.9 Å². The Kier molecular flexibility index (Phi) is 3.22. The molecule has 0 aromatic carbocycles. The lowest BCUT2D eigenvalue weighted by atomic mass is 10.1. The number of aliphatic hydroxyl groups is 3. The molecule has 0 radical (unpaired) electrons. The van der Waals surface area contributed by atoms with Crippen molar-refractivity contribution in [2.75, 3.05) is 12.3 Å². The summed E-state index contributed by atoms with van der Waals surface area (Å²) in [7, 11) is 0. The number of nitrogens with zero attached hydrogens (tertiary/aromatic N) is 4. The van der Waals surface area contributed by atoms with E-state index in [2.05, 4.69) is 15.0 Å². The van der Waals surface area contributed by atoms with Crippen molar-refractivity contribution in [3.05, 3.63) is 11.5 Å². The van der Waals surface area contributed by atoms with Crippen LogP contribution in [0, 0.1) is 0 Å². The number of rotatable bonds is 2. The van der Waals surface area contributed by atoms with Crippen LogP contribution in [0.3, 0.4) is 0 Å². The lowest BCUT2D eigenvalue weighted by Gasteiger charge is -2.16. The average molecular weight is 302 g/mol. The van der Waals surface area contributed by atoms with Crippen LogP contribution in [0.25, 0.3) is 11.2 Å². The van der Waals surface area contributed by atoms with Crippen LogP contribution in [-0.2, 0) is 4.74 Å². The van der Waals surface area contributed by atoms with Gasteiger partial charge in [-0.15, -0.1) is 0 Å². The fourth-order valence-corrected chi connectivity index (χ4v) is 2.41. The number of hydrogen-bond donors (Lipinski definition) is 4. The predicted octanol–water partition coefficient (Wildman–Crippen LogP) is -1.33. The minimum absolute atomic E-state index is 0.0454. The third-order valence-corrected chi connectivity index (χ3v) is 3.45. The van der Waals surface area contributed by atoms with Crippen molar-refractivity contribution in [3.63, 3.8) is 0 Å². The van der Waals surface area contributed by atoms with Gasteiger partial charge in [0, 0.05) is 0 Å². The van der Waals surface area contributed by atoms with Gasteiger partial charge >= 0.3 is 0 Å². The zero-order valence-electron chi connectivity index (χ0n) is 10.1. The largest absolute Gasteiger partial charge is 0.394 e. The second-order valence-electron chi connectivity index (χ2n) is 4.43. The molecule has 2 aromatic heterocycles. The molecule has 4 atom stereocenters. The van der Waals surface area contributed by atoms with Crippen LogP contribution in [0.1, 0.15) is 6.23 Å². The van der Waals surface area contributed by atoms with Gasteiger partial charge in [-0.1, -0.05) is 11.6 Å². The summed E-state index contributed by atoms with van der Waals surface area (Å²) in [5.74, 6) is -0.0454. The maximum Gasteiger partial charge on any atom is 0.223 e. The van der Waals surface area contributed by atoms with Gasteiger partial charge in [-0.25, -0.2) is 4.98 Å². The summed E-state index contributed by atoms with van der Waals surface area (Å²) >= 11 is 5.90. The summed E-state index contributed by atoms with van der Waals surface area (Å²) < 4.78 is 6.79. The Hall–Kier alpha value is -1.52. The molecule has 0 unspecified atom stereocenters. The molecule has 108 valence electrons. The number of nitrogen functional groups attached to an aromatic ring is 1. The van der Waals surface area contributed by atoms with E-state index in [1.54, 1.807) is 0 Å². The molecule has 0 spiro atoms. The fourth-order valence-electron chi connectivity index (χ4n) is 2.19. The molecule has 3 rings (SSSR count). The van der Waals surface area contributed by atoms with E-state index in [0.717, 1.165) is 0 Å². The predicted molar refractivity (Wildman–Crippen MR) is 67.8 cm³/mol. The lowest BCUT2D eigenvalue weighted by molar-refractivity contribution is -0.0511. The van der Waals surface area contributed by atoms with Gasteiger partial charge in [-0.2, -0.15) is 9.97 Å². The van der Waals surface area contributed by atoms with E-state index in [0.29, 0.717) is 5.52 Å². The molecule has 0 bridgehead atoms. The van der Waals surface area contributed by atoms with E-state index < -0.39 is 31.1 Å². The smallest absolute Gasteiger partial charge is 0.223 e. The Labute approximate surface area is 117 Å². The van der Waals surface area contributed by atoms with Gasteiger partial charge in [0.2, 0.25) is 5.95 Å². The van der Waals surface area contributed by atoms with Crippen molar-refractivity contribution < 1.29 is 20.1 Å². The van der Waals surface area contributed by atoms with Crippen molar-refractivity contribution in [1.29, 1.82) is 0 Å². The van der Waals surface area contributed by atoms with Gasteiger partial charge in [0.1, 0.15) is 23.8 Å². The van der Waals surface area contributed by atoms with Gasteiger partial charge in [-0.05, 0) is 0 Å². The summed E-state index contributed by atoms with van der Waals surface area (Å²) in [4.78, 5) is 11.8. The number of aromatic nitrogens is 4. The molecule has 1 saturated heterocycles. The van der Waals surface area contributed by atoms with Gasteiger partial charge in [0.25, 0.3) is 0 Å². The summed E-state index contributed by atoms with van der Waals surface area (Å²) in [6.45, 7) is -0.417. The van der Waals surface area contributed by atoms with Crippen molar-refractivity contribution in [3.8, 4) is 0 Å². The van der Waals surface area contributed by atoms with Crippen LogP contribution in [0.2, 0.25) is 5.15 Å². The Morgan fingerprint density at radius 1 is 1.35 bits per heavy atom. The lowest BCUT2D eigenvalue weighted by Crippen LogP contribution is -2.33. The summed E-state index contributed by atoms with van der Waals surface area (Å²) in [5, 5.41) is 28.9. The Morgan fingerprint density at radius 2 is 2.10 bits per heavy atom. The van der Waals surface area contributed by atoms with E-state index in [9.17, 15) is 10.2 Å². The highest BCUT2D eigenvalue weighted by Gasteiger charge is 2.44. The third-order valence-electron chi connectivity index (χ3n) is 3.19. The van der Waals surface area contributed by atoms with Crippen molar-refractivity contribution in [2.24, 2.45) is 0 Å². The first-order chi connectivity index (χ1) is 9.52. The highest BCUT2D eigenvalue weighted by molar-refractivity contribution is 6.33. The number of halogens is 1. The SMILES string of the molecule is Nc1nc(Cl)c2ncn([C@H]3O[C@@H](CO)[C@@H](O)[C@H]3O)c2n1. The molecule has 0 saturated carbocycles. The van der Waals surface area contributed by atoms with Crippen LogP contribution in [0.15, 0.2) is 6.33 Å². The van der Waals surface area contributed by atoms with E-state index in [4.69, 9.17) is 27.2 Å². The van der Waals surface area contributed by atoms with Crippen molar-refractivity contribution >= 4 is 28.7 Å². The first-order valence-electron chi connectivity index (χ1n) is 5.81. The van der Waals surface area contributed by atoms with E-state index in [1.807, 2.05) is 0 Å². The van der Waals surface area contributed by atoms with E-state index in [-0.39, 0.29) is 16.7 Å². The molecule has 1 aliphatic rings. The number of imidazole rings is 1. The van der Waals surface area contributed by atoms with Crippen molar-refractivity contribution in [2.45, 2.75) is 24.5 Å². The molecule has 9 nitrogen and oxygen atoms in total. The monoisotopic (exact) mass is 301 g/mol. The van der Waals surface area contributed by atoms with Crippen molar-refractivity contribution in [1.82, 2.24) is 19.5 Å². The first kappa shape index (κ1) is 13.5. The van der Waals surface area contributed by atoms with Crippen LogP contribution in [0.5, 0.6) is 0 Å². The molecule has 10 heteroatoms. The van der Waals surface area contributed by atoms with E-state index >= 15 is 0 Å². The molecular formula is C10H12ClN5O4. The molecule has 1 aliphatic heterocycles. The molecule has 1 fully saturated rings. The summed E-state index contributed by atoms with van der Waals surface area (Å²) in [6.07, 6.45) is -2.93. The number of hydrogen-bond acceptors (Lipinski definition) is 8. The van der Waals surface area contributed by atoms with Gasteiger partial charge in [-0.3, -0.25) is 4.57 Å². The van der Waals surface area contributed by atoms with E-state index in [1.165, 1.54) is 10.9 Å². The number of anilines is 1. The Morgan fingerprint density at radius 3 is 2.75 bits per heavy atom. The standard InChI is InChI=1S/C10H12ClN5O4/c11-7-4-8(15-10(12)14-7)16(2-13-4)9-6(19)5(18)3(1-17)20-9/h2-3,5-6,9,17-19H,1H2,(H2,12,14,15)/t3-,5+,6+,9-/m0/s1. The second kappa shape index (κ2) is 4.79. The molecule has 0 amide bonds. The highest BCUT2D eigenvalue weighted by atomic mass is 35.5. The van der Waals surface area contributed by atoms with Gasteiger partial charge in [0.15, 0.2) is 17.0 Å². The normalized spacial score (nSPS) is 30.2. The molecule has 2 aromatic rings. The average Bonchev–Trinajstić information content (AvgIpc) is 2.93. The quantitative estimate of drug-likeness (QED) is 0.500. The Bertz CT molecular complexity index is 650. The molecule has 5 N–H and O–H groups in total. The van der Waals surface area contributed by atoms with Gasteiger partial charge < -0.3 is 25.8 Å². The highest BCUT2D eigenvalue weighted by Crippen LogP contribution is 2.32. The zero-order chi connectivity index (χ0) is 14.4. The Balaban J connectivity index is 2.07. The van der Waals surface area contributed by atoms with Crippen LogP contribution < -0.4 is 5.73 Å². The maximum atomic E-state index is 9.99. The fraction of sp³-hybridized carbons (Fsp3) is 0.500. The molecule has 0 aliphatic carbocycles. The maximum absolute atomic E-state index is 9.99. The van der Waals surface area contributed by atoms with Crippen LogP contribution >= 0.6 is 11.6 Å².